The van der Waals surface area contributed by atoms with E-state index >= 15 is 0 Å². The number of hydrogen-bond acceptors (Lipinski definition) is 1. The predicted molar refractivity (Wildman–Crippen MR) is 71.5 cm³/mol. The molecule has 0 saturated heterocycles. The van der Waals surface area contributed by atoms with Crippen molar-refractivity contribution in [2.45, 2.75) is 12.5 Å². The summed E-state index contributed by atoms with van der Waals surface area (Å²) < 4.78 is 19.3. The van der Waals surface area contributed by atoms with Crippen LogP contribution in [0.1, 0.15) is 18.1 Å². The van der Waals surface area contributed by atoms with Crippen LogP contribution >= 0.6 is 11.6 Å². The zero-order valence-corrected chi connectivity index (χ0v) is 10.6. The monoisotopic (exact) mass is 264 g/mol. The molecule has 0 N–H and O–H groups in total. The minimum absolute atomic E-state index is 0.222. The molecule has 0 spiro atoms. The van der Waals surface area contributed by atoms with Gasteiger partial charge in [-0.25, -0.2) is 4.39 Å². The second-order valence-electron chi connectivity index (χ2n) is 3.93. The molecule has 0 unspecified atom stereocenters. The number of alkyl halides is 1. The SMILES string of the molecule is Fc1ccccc1O[C@H](CCCl)c1ccccc1. The average molecular weight is 265 g/mol. The third kappa shape index (κ3) is 3.23. The molecular formula is C15H14ClFO. The maximum absolute atomic E-state index is 13.5. The van der Waals surface area contributed by atoms with Crippen LogP contribution in [-0.4, -0.2) is 5.88 Å². The van der Waals surface area contributed by atoms with Crippen molar-refractivity contribution >= 4 is 11.6 Å². The van der Waals surface area contributed by atoms with Crippen LogP contribution in [0.3, 0.4) is 0 Å². The third-order valence-corrected chi connectivity index (χ3v) is 2.87. The van der Waals surface area contributed by atoms with Crippen LogP contribution in [0.25, 0.3) is 0 Å². The first-order chi connectivity index (χ1) is 8.81. The molecule has 2 aromatic carbocycles. The van der Waals surface area contributed by atoms with Crippen molar-refractivity contribution in [3.05, 3.63) is 66.0 Å². The lowest BCUT2D eigenvalue weighted by Crippen LogP contribution is -2.09. The first kappa shape index (κ1) is 12.9. The van der Waals surface area contributed by atoms with Gasteiger partial charge < -0.3 is 4.74 Å². The minimum atomic E-state index is -0.354. The van der Waals surface area contributed by atoms with Gasteiger partial charge in [-0.15, -0.1) is 11.6 Å². The van der Waals surface area contributed by atoms with Crippen molar-refractivity contribution in [2.75, 3.05) is 5.88 Å². The Morgan fingerprint density at radius 2 is 1.67 bits per heavy atom. The Bertz CT molecular complexity index is 487. The fourth-order valence-electron chi connectivity index (χ4n) is 1.75. The number of benzene rings is 2. The Morgan fingerprint density at radius 3 is 2.33 bits per heavy atom. The topological polar surface area (TPSA) is 9.23 Å². The summed E-state index contributed by atoms with van der Waals surface area (Å²) in [7, 11) is 0. The van der Waals surface area contributed by atoms with Crippen molar-refractivity contribution in [1.82, 2.24) is 0 Å². The smallest absolute Gasteiger partial charge is 0.165 e. The van der Waals surface area contributed by atoms with E-state index < -0.39 is 0 Å². The predicted octanol–water partition coefficient (Wildman–Crippen LogP) is 4.57. The van der Waals surface area contributed by atoms with E-state index in [2.05, 4.69) is 0 Å². The molecule has 0 amide bonds. The van der Waals surface area contributed by atoms with Gasteiger partial charge in [-0.05, 0) is 17.7 Å². The number of halogens is 2. The third-order valence-electron chi connectivity index (χ3n) is 2.65. The molecular weight excluding hydrogens is 251 g/mol. The summed E-state index contributed by atoms with van der Waals surface area (Å²) in [5, 5.41) is 0. The van der Waals surface area contributed by atoms with E-state index in [1.165, 1.54) is 6.07 Å². The fourth-order valence-corrected chi connectivity index (χ4v) is 1.95. The van der Waals surface area contributed by atoms with Gasteiger partial charge in [-0.2, -0.15) is 0 Å². The van der Waals surface area contributed by atoms with Crippen LogP contribution in [0.4, 0.5) is 4.39 Å². The van der Waals surface area contributed by atoms with Crippen molar-refractivity contribution in [3.8, 4) is 5.75 Å². The summed E-state index contributed by atoms with van der Waals surface area (Å²) in [6, 6.07) is 16.1. The van der Waals surface area contributed by atoms with Crippen molar-refractivity contribution in [1.29, 1.82) is 0 Å². The Balaban J connectivity index is 2.19. The van der Waals surface area contributed by atoms with Gasteiger partial charge in [0.15, 0.2) is 11.6 Å². The van der Waals surface area contributed by atoms with Crippen LogP contribution in [0.2, 0.25) is 0 Å². The molecule has 1 nitrogen and oxygen atoms in total. The van der Waals surface area contributed by atoms with E-state index in [1.807, 2.05) is 30.3 Å². The summed E-state index contributed by atoms with van der Waals surface area (Å²) in [5.41, 5.74) is 1.00. The van der Waals surface area contributed by atoms with Gasteiger partial charge in [-0.1, -0.05) is 42.5 Å². The van der Waals surface area contributed by atoms with E-state index in [4.69, 9.17) is 16.3 Å². The minimum Gasteiger partial charge on any atom is -0.483 e. The number of rotatable bonds is 5. The molecule has 0 saturated carbocycles. The molecule has 94 valence electrons. The molecule has 0 fully saturated rings. The highest BCUT2D eigenvalue weighted by molar-refractivity contribution is 6.17. The maximum atomic E-state index is 13.5. The average Bonchev–Trinajstić information content (AvgIpc) is 2.42. The molecule has 3 heteroatoms. The second-order valence-corrected chi connectivity index (χ2v) is 4.30. The highest BCUT2D eigenvalue weighted by Gasteiger charge is 2.14. The molecule has 0 aromatic heterocycles. The molecule has 0 bridgehead atoms. The second kappa shape index (κ2) is 6.41. The zero-order chi connectivity index (χ0) is 12.8. The normalized spacial score (nSPS) is 12.1. The van der Waals surface area contributed by atoms with Gasteiger partial charge in [0.25, 0.3) is 0 Å². The molecule has 2 aromatic rings. The summed E-state index contributed by atoms with van der Waals surface area (Å²) in [5.74, 6) is 0.373. The lowest BCUT2D eigenvalue weighted by molar-refractivity contribution is 0.193. The summed E-state index contributed by atoms with van der Waals surface area (Å²) in [4.78, 5) is 0. The molecule has 2 rings (SSSR count). The van der Waals surface area contributed by atoms with E-state index in [0.717, 1.165) is 5.56 Å². The van der Waals surface area contributed by atoms with Crippen LogP contribution < -0.4 is 4.74 Å². The highest BCUT2D eigenvalue weighted by Crippen LogP contribution is 2.26. The Hall–Kier alpha value is -1.54. The van der Waals surface area contributed by atoms with E-state index in [1.54, 1.807) is 18.2 Å². The van der Waals surface area contributed by atoms with Crippen LogP contribution in [0.15, 0.2) is 54.6 Å². The standard InChI is InChI=1S/C15H14ClFO/c16-11-10-14(12-6-2-1-3-7-12)18-15-9-5-4-8-13(15)17/h1-9,14H,10-11H2/t14-/m1/s1. The molecule has 0 aliphatic heterocycles. The van der Waals surface area contributed by atoms with Crippen molar-refractivity contribution in [2.24, 2.45) is 0 Å². The number of hydrogen-bond donors (Lipinski definition) is 0. The Morgan fingerprint density at radius 1 is 1.00 bits per heavy atom. The van der Waals surface area contributed by atoms with E-state index in [9.17, 15) is 4.39 Å². The first-order valence-electron chi connectivity index (χ1n) is 5.83. The van der Waals surface area contributed by atoms with Crippen molar-refractivity contribution < 1.29 is 9.13 Å². The highest BCUT2D eigenvalue weighted by atomic mass is 35.5. The lowest BCUT2D eigenvalue weighted by atomic mass is 10.1. The largest absolute Gasteiger partial charge is 0.483 e. The Kier molecular flexibility index (Phi) is 4.59. The van der Waals surface area contributed by atoms with Gasteiger partial charge in [0.1, 0.15) is 6.10 Å². The number of ether oxygens (including phenoxy) is 1. The fraction of sp³-hybridized carbons (Fsp3) is 0.200. The van der Waals surface area contributed by atoms with Crippen LogP contribution in [0.5, 0.6) is 5.75 Å². The zero-order valence-electron chi connectivity index (χ0n) is 9.85. The molecule has 0 heterocycles. The molecule has 1 atom stereocenters. The molecule has 18 heavy (non-hydrogen) atoms. The molecule has 0 aliphatic carbocycles. The molecule has 0 aliphatic rings. The maximum Gasteiger partial charge on any atom is 0.165 e. The van der Waals surface area contributed by atoms with Gasteiger partial charge in [-0.3, -0.25) is 0 Å². The Labute approximate surface area is 111 Å². The van der Waals surface area contributed by atoms with E-state index in [0.29, 0.717) is 12.3 Å². The van der Waals surface area contributed by atoms with Gasteiger partial charge in [0.05, 0.1) is 0 Å². The van der Waals surface area contributed by atoms with Gasteiger partial charge in [0.2, 0.25) is 0 Å². The first-order valence-corrected chi connectivity index (χ1v) is 6.37. The summed E-state index contributed by atoms with van der Waals surface area (Å²) in [6.07, 6.45) is 0.417. The number of para-hydroxylation sites is 1. The quantitative estimate of drug-likeness (QED) is 0.719. The van der Waals surface area contributed by atoms with Crippen LogP contribution in [-0.2, 0) is 0 Å². The van der Waals surface area contributed by atoms with Gasteiger partial charge in [0, 0.05) is 12.3 Å². The molecule has 0 radical (unpaired) electrons. The van der Waals surface area contributed by atoms with Gasteiger partial charge >= 0.3 is 0 Å². The summed E-state index contributed by atoms with van der Waals surface area (Å²) >= 11 is 5.78. The summed E-state index contributed by atoms with van der Waals surface area (Å²) in [6.45, 7) is 0. The van der Waals surface area contributed by atoms with Crippen LogP contribution in [0, 0.1) is 5.82 Å². The van der Waals surface area contributed by atoms with Crippen molar-refractivity contribution in [3.63, 3.8) is 0 Å². The van der Waals surface area contributed by atoms with E-state index in [-0.39, 0.29) is 17.7 Å². The lowest BCUT2D eigenvalue weighted by Gasteiger charge is -2.19.